The number of nitrogens with zero attached hydrogens (tertiary/aromatic N) is 1. The van der Waals surface area contributed by atoms with Crippen LogP contribution >= 0.6 is 11.8 Å². The minimum atomic E-state index is -1.38. The smallest absolute Gasteiger partial charge is 0.410 e. The van der Waals surface area contributed by atoms with Gasteiger partial charge in [-0.05, 0) is 56.3 Å². The summed E-state index contributed by atoms with van der Waals surface area (Å²) in [5.74, 6) is -2.20. The SMILES string of the molecule is CC(C)(SC(=O)OCOC(=O)c1ccccc1)[C@@H](NC(=O)OCOC(=O)c1ccccc1)C(=O)OCCCN1CCOCC1. The number of morpholine rings is 1. The maximum absolute atomic E-state index is 13.1. The van der Waals surface area contributed by atoms with E-state index in [0.717, 1.165) is 13.1 Å². The van der Waals surface area contributed by atoms with Gasteiger partial charge in [-0.2, -0.15) is 0 Å². The zero-order chi connectivity index (χ0) is 31.8. The van der Waals surface area contributed by atoms with E-state index in [2.05, 4.69) is 10.2 Å². The summed E-state index contributed by atoms with van der Waals surface area (Å²) in [5, 5.41) is 1.53. The van der Waals surface area contributed by atoms with Gasteiger partial charge in [-0.1, -0.05) is 36.4 Å². The highest BCUT2D eigenvalue weighted by Gasteiger charge is 2.41. The molecule has 0 spiro atoms. The molecule has 0 bridgehead atoms. The molecule has 3 rings (SSSR count). The Labute approximate surface area is 259 Å². The Hall–Kier alpha value is -4.14. The molecule has 1 amide bonds. The molecule has 0 aromatic heterocycles. The van der Waals surface area contributed by atoms with Gasteiger partial charge in [0.15, 0.2) is 0 Å². The normalized spacial score (nSPS) is 14.0. The van der Waals surface area contributed by atoms with Gasteiger partial charge in [-0.25, -0.2) is 24.0 Å². The molecule has 1 aliphatic heterocycles. The van der Waals surface area contributed by atoms with Crippen LogP contribution in [-0.4, -0.2) is 98.0 Å². The Balaban J connectivity index is 1.53. The van der Waals surface area contributed by atoms with Gasteiger partial charge in [0, 0.05) is 19.6 Å². The Morgan fingerprint density at radius 2 is 1.36 bits per heavy atom. The van der Waals surface area contributed by atoms with Crippen LogP contribution in [0.5, 0.6) is 0 Å². The molecule has 0 aliphatic carbocycles. The van der Waals surface area contributed by atoms with E-state index in [1.165, 1.54) is 26.0 Å². The van der Waals surface area contributed by atoms with Crippen molar-refractivity contribution in [2.45, 2.75) is 31.1 Å². The predicted molar refractivity (Wildman–Crippen MR) is 158 cm³/mol. The van der Waals surface area contributed by atoms with Crippen LogP contribution < -0.4 is 5.32 Å². The summed E-state index contributed by atoms with van der Waals surface area (Å²) in [4.78, 5) is 64.7. The fourth-order valence-electron chi connectivity index (χ4n) is 3.93. The lowest BCUT2D eigenvalue weighted by Gasteiger charge is -2.31. The number of hydrogen-bond acceptors (Lipinski definition) is 13. The number of carbonyl (C=O) groups excluding carboxylic acids is 5. The van der Waals surface area contributed by atoms with Crippen molar-refractivity contribution in [1.82, 2.24) is 10.2 Å². The molecule has 0 unspecified atom stereocenters. The molecule has 13 nitrogen and oxygen atoms in total. The van der Waals surface area contributed by atoms with Crippen molar-refractivity contribution in [2.24, 2.45) is 0 Å². The Morgan fingerprint density at radius 1 is 0.818 bits per heavy atom. The number of amides is 1. The number of nitrogens with one attached hydrogen (secondary N) is 1. The van der Waals surface area contributed by atoms with E-state index in [-0.39, 0.29) is 17.7 Å². The first-order valence-electron chi connectivity index (χ1n) is 13.9. The second-order valence-corrected chi connectivity index (χ2v) is 11.5. The summed E-state index contributed by atoms with van der Waals surface area (Å²) in [6.45, 7) is 5.26. The van der Waals surface area contributed by atoms with Gasteiger partial charge in [-0.15, -0.1) is 0 Å². The molecule has 1 fully saturated rings. The second-order valence-electron chi connectivity index (χ2n) is 9.92. The van der Waals surface area contributed by atoms with Crippen molar-refractivity contribution in [2.75, 3.05) is 53.0 Å². The maximum atomic E-state index is 13.1. The highest BCUT2D eigenvalue weighted by molar-refractivity contribution is 8.14. The van der Waals surface area contributed by atoms with Crippen LogP contribution in [0.4, 0.5) is 9.59 Å². The van der Waals surface area contributed by atoms with Crippen molar-refractivity contribution >= 4 is 41.1 Å². The van der Waals surface area contributed by atoms with Crippen LogP contribution in [-0.2, 0) is 33.2 Å². The summed E-state index contributed by atoms with van der Waals surface area (Å²) in [6.07, 6.45) is -0.541. The van der Waals surface area contributed by atoms with Gasteiger partial charge in [0.1, 0.15) is 6.04 Å². The molecule has 2 aromatic rings. The fraction of sp³-hybridized carbons (Fsp3) is 0.433. The number of thioether (sulfide) groups is 1. The third kappa shape index (κ3) is 11.9. The number of benzene rings is 2. The number of alkyl carbamates (subject to hydrolysis) is 1. The van der Waals surface area contributed by atoms with E-state index in [4.69, 9.17) is 28.4 Å². The number of ether oxygens (including phenoxy) is 6. The van der Waals surface area contributed by atoms with Crippen LogP contribution in [0.3, 0.4) is 0 Å². The molecule has 1 N–H and O–H groups in total. The Morgan fingerprint density at radius 3 is 1.93 bits per heavy atom. The van der Waals surface area contributed by atoms with Gasteiger partial charge in [0.2, 0.25) is 13.6 Å². The quantitative estimate of drug-likeness (QED) is 0.140. The molecule has 1 aliphatic rings. The van der Waals surface area contributed by atoms with Crippen LogP contribution in [0.1, 0.15) is 41.0 Å². The van der Waals surface area contributed by atoms with Crippen molar-refractivity contribution < 1.29 is 52.4 Å². The maximum Gasteiger partial charge on any atom is 0.410 e. The van der Waals surface area contributed by atoms with Gasteiger partial charge in [-0.3, -0.25) is 4.90 Å². The first kappa shape index (κ1) is 34.4. The fourth-order valence-corrected chi connectivity index (χ4v) is 4.74. The highest BCUT2D eigenvalue weighted by Crippen LogP contribution is 2.31. The zero-order valence-electron chi connectivity index (χ0n) is 24.6. The first-order chi connectivity index (χ1) is 21.2. The molecular formula is C30H36N2O11S. The summed E-state index contributed by atoms with van der Waals surface area (Å²) in [6, 6.07) is 14.9. The predicted octanol–water partition coefficient (Wildman–Crippen LogP) is 3.62. The van der Waals surface area contributed by atoms with Gasteiger partial charge >= 0.3 is 29.3 Å². The molecule has 0 radical (unpaired) electrons. The summed E-state index contributed by atoms with van der Waals surface area (Å²) < 4.78 is 29.3. The van der Waals surface area contributed by atoms with E-state index < -0.39 is 53.7 Å². The molecule has 44 heavy (non-hydrogen) atoms. The lowest BCUT2D eigenvalue weighted by atomic mass is 10.0. The summed E-state index contributed by atoms with van der Waals surface area (Å²) >= 11 is 0.585. The van der Waals surface area contributed by atoms with E-state index in [1.54, 1.807) is 48.5 Å². The monoisotopic (exact) mass is 632 g/mol. The van der Waals surface area contributed by atoms with Crippen molar-refractivity contribution in [3.8, 4) is 0 Å². The van der Waals surface area contributed by atoms with Crippen LogP contribution in [0.25, 0.3) is 0 Å². The third-order valence-corrected chi connectivity index (χ3v) is 7.32. The van der Waals surface area contributed by atoms with Gasteiger partial charge in [0.25, 0.3) is 0 Å². The topological polar surface area (TPSA) is 156 Å². The van der Waals surface area contributed by atoms with Crippen molar-refractivity contribution in [3.05, 3.63) is 71.8 Å². The van der Waals surface area contributed by atoms with Crippen molar-refractivity contribution in [1.29, 1.82) is 0 Å². The van der Waals surface area contributed by atoms with Gasteiger partial charge < -0.3 is 33.7 Å². The number of carbonyl (C=O) groups is 5. The lowest BCUT2D eigenvalue weighted by molar-refractivity contribution is -0.147. The second kappa shape index (κ2) is 17.9. The van der Waals surface area contributed by atoms with Crippen LogP contribution in [0.2, 0.25) is 0 Å². The summed E-state index contributed by atoms with van der Waals surface area (Å²) in [7, 11) is 0. The third-order valence-electron chi connectivity index (χ3n) is 6.27. The largest absolute Gasteiger partial charge is 0.464 e. The van der Waals surface area contributed by atoms with Crippen LogP contribution in [0.15, 0.2) is 60.7 Å². The van der Waals surface area contributed by atoms with E-state index in [9.17, 15) is 24.0 Å². The van der Waals surface area contributed by atoms with E-state index in [0.29, 0.717) is 37.9 Å². The van der Waals surface area contributed by atoms with E-state index in [1.807, 2.05) is 0 Å². The average Bonchev–Trinajstić information content (AvgIpc) is 3.02. The highest BCUT2D eigenvalue weighted by atomic mass is 32.2. The molecule has 1 heterocycles. The molecule has 14 heteroatoms. The van der Waals surface area contributed by atoms with E-state index >= 15 is 0 Å². The summed E-state index contributed by atoms with van der Waals surface area (Å²) in [5.41, 5.74) is 0.547. The number of hydrogen-bond donors (Lipinski definition) is 1. The number of esters is 3. The first-order valence-corrected chi connectivity index (χ1v) is 14.7. The van der Waals surface area contributed by atoms with Gasteiger partial charge in [0.05, 0.1) is 35.7 Å². The number of rotatable bonds is 14. The zero-order valence-corrected chi connectivity index (χ0v) is 25.4. The standard InChI is InChI=1S/C30H36N2O11S/c1-30(2,44-29(37)43-21-41-26(34)23-12-7-4-8-13-23)24(27(35)39-17-9-14-32-15-18-38-19-16-32)31-28(36)42-20-40-25(33)22-10-5-3-6-11-22/h3-8,10-13,24H,9,14-21H2,1-2H3,(H,31,36)/t24-/m0/s1. The molecule has 0 saturated carbocycles. The van der Waals surface area contributed by atoms with Crippen LogP contribution in [0, 0.1) is 0 Å². The Kier molecular flexibility index (Phi) is 13.9. The molecule has 238 valence electrons. The lowest BCUT2D eigenvalue weighted by Crippen LogP contribution is -2.54. The molecule has 1 atom stereocenters. The molecular weight excluding hydrogens is 596 g/mol. The molecule has 1 saturated heterocycles. The Bertz CT molecular complexity index is 1240. The minimum Gasteiger partial charge on any atom is -0.464 e. The minimum absolute atomic E-state index is 0.0682. The molecule has 2 aromatic carbocycles. The van der Waals surface area contributed by atoms with Crippen molar-refractivity contribution in [3.63, 3.8) is 0 Å². The average molecular weight is 633 g/mol.